The van der Waals surface area contributed by atoms with Crippen molar-refractivity contribution in [2.75, 3.05) is 54.1 Å². The molecule has 0 unspecified atom stereocenters. The van der Waals surface area contributed by atoms with E-state index in [2.05, 4.69) is 27.3 Å². The van der Waals surface area contributed by atoms with Crippen LogP contribution in [-0.4, -0.2) is 62.6 Å². The maximum absolute atomic E-state index is 12.2. The normalized spacial score (nSPS) is 14.4. The third kappa shape index (κ3) is 4.42. The van der Waals surface area contributed by atoms with Crippen LogP contribution >= 0.6 is 0 Å². The molecule has 0 amide bonds. The van der Waals surface area contributed by atoms with Gasteiger partial charge in [0.2, 0.25) is 16.0 Å². The maximum Gasteiger partial charge on any atom is 0.245 e. The summed E-state index contributed by atoms with van der Waals surface area (Å²) in [7, 11) is -1.87. The molecular weight excluding hydrogens is 452 g/mol. The van der Waals surface area contributed by atoms with Gasteiger partial charge in [-0.05, 0) is 36.4 Å². The molecule has 4 aromatic rings. The number of aromatic nitrogens is 3. The average molecular weight is 479 g/mol. The Balaban J connectivity index is 1.49. The predicted octanol–water partition coefficient (Wildman–Crippen LogP) is 3.37. The number of para-hydroxylation sites is 1. The van der Waals surface area contributed by atoms with Gasteiger partial charge in [0.1, 0.15) is 0 Å². The number of ether oxygens (including phenoxy) is 1. The number of rotatable bonds is 6. The van der Waals surface area contributed by atoms with E-state index in [1.54, 1.807) is 23.8 Å². The number of hydrogen-bond donors (Lipinski definition) is 1. The molecule has 5 rings (SSSR count). The van der Waals surface area contributed by atoms with Crippen LogP contribution in [-0.2, 0) is 14.8 Å². The van der Waals surface area contributed by atoms with Gasteiger partial charge in [-0.15, -0.1) is 5.10 Å². The molecule has 1 aliphatic rings. The van der Waals surface area contributed by atoms with Gasteiger partial charge in [0.15, 0.2) is 0 Å². The fraction of sp³-hybridized carbons (Fsp3) is 0.250. The zero-order chi connectivity index (χ0) is 23.7. The molecule has 0 spiro atoms. The van der Waals surface area contributed by atoms with Crippen molar-refractivity contribution >= 4 is 38.6 Å². The van der Waals surface area contributed by atoms with Crippen LogP contribution in [0, 0.1) is 0 Å². The van der Waals surface area contributed by atoms with E-state index in [-0.39, 0.29) is 0 Å². The molecule has 2 aromatic heterocycles. The number of sulfonamides is 1. The number of nitrogens with one attached hydrogen (secondary N) is 1. The lowest BCUT2D eigenvalue weighted by atomic mass is 10.1. The van der Waals surface area contributed by atoms with Gasteiger partial charge in [-0.2, -0.15) is 0 Å². The van der Waals surface area contributed by atoms with Gasteiger partial charge in [0.25, 0.3) is 0 Å². The van der Waals surface area contributed by atoms with Crippen molar-refractivity contribution in [2.45, 2.75) is 0 Å². The summed E-state index contributed by atoms with van der Waals surface area (Å²) in [5.74, 6) is 0.443. The zero-order valence-corrected chi connectivity index (χ0v) is 19.9. The van der Waals surface area contributed by atoms with Crippen molar-refractivity contribution in [1.29, 1.82) is 0 Å². The summed E-state index contributed by atoms with van der Waals surface area (Å²) in [5.41, 5.74) is 4.92. The second-order valence-corrected chi connectivity index (χ2v) is 10.2. The highest BCUT2D eigenvalue weighted by Gasteiger charge is 2.19. The van der Waals surface area contributed by atoms with Crippen molar-refractivity contribution in [1.82, 2.24) is 14.6 Å². The molecule has 0 aliphatic carbocycles. The molecule has 0 radical (unpaired) electrons. The first kappa shape index (κ1) is 22.2. The number of hydrogen-bond acceptors (Lipinski definition) is 7. The minimum atomic E-state index is -3.42. The van der Waals surface area contributed by atoms with Gasteiger partial charge in [-0.25, -0.2) is 17.9 Å². The smallest absolute Gasteiger partial charge is 0.245 e. The van der Waals surface area contributed by atoms with Gasteiger partial charge in [-0.1, -0.05) is 24.3 Å². The lowest BCUT2D eigenvalue weighted by molar-refractivity contribution is 0.122. The Morgan fingerprint density at radius 3 is 2.62 bits per heavy atom. The average Bonchev–Trinajstić information content (AvgIpc) is 3.27. The molecule has 1 fully saturated rings. The summed E-state index contributed by atoms with van der Waals surface area (Å²) in [4.78, 5) is 6.75. The van der Waals surface area contributed by atoms with Crippen LogP contribution in [0.5, 0.6) is 0 Å². The van der Waals surface area contributed by atoms with Crippen molar-refractivity contribution < 1.29 is 13.2 Å². The van der Waals surface area contributed by atoms with Gasteiger partial charge in [0.05, 0.1) is 42.6 Å². The quantitative estimate of drug-likeness (QED) is 0.454. The standard InChI is InChI=1S/C24H26N6O3S/c1-28(34(2,31)32)22-9-4-3-8-21(22)23-11-10-20-17-25-24(27-30(20)23)26-18-6-5-7-19(16-18)29-12-14-33-15-13-29/h3-11,16-17H,12-15H2,1-2H3,(H,26,27). The number of nitrogens with zero attached hydrogens (tertiary/aromatic N) is 5. The molecule has 3 heterocycles. The zero-order valence-electron chi connectivity index (χ0n) is 19.0. The van der Waals surface area contributed by atoms with Crippen molar-refractivity contribution in [3.05, 3.63) is 66.9 Å². The lowest BCUT2D eigenvalue weighted by Crippen LogP contribution is -2.36. The summed E-state index contributed by atoms with van der Waals surface area (Å²) >= 11 is 0. The second-order valence-electron chi connectivity index (χ2n) is 8.16. The van der Waals surface area contributed by atoms with Crippen molar-refractivity contribution in [3.63, 3.8) is 0 Å². The molecule has 0 atom stereocenters. The number of fused-ring (bicyclic) bond motifs is 1. The Hall–Kier alpha value is -3.63. The highest BCUT2D eigenvalue weighted by Crippen LogP contribution is 2.32. The van der Waals surface area contributed by atoms with Crippen LogP contribution < -0.4 is 14.5 Å². The van der Waals surface area contributed by atoms with Gasteiger partial charge in [0, 0.05) is 37.1 Å². The summed E-state index contributed by atoms with van der Waals surface area (Å²) in [6.07, 6.45) is 2.93. The van der Waals surface area contributed by atoms with E-state index < -0.39 is 10.0 Å². The van der Waals surface area contributed by atoms with E-state index in [4.69, 9.17) is 9.84 Å². The minimum Gasteiger partial charge on any atom is -0.378 e. The van der Waals surface area contributed by atoms with E-state index in [9.17, 15) is 8.42 Å². The third-order valence-electron chi connectivity index (χ3n) is 5.89. The third-order valence-corrected chi connectivity index (χ3v) is 7.09. The lowest BCUT2D eigenvalue weighted by Gasteiger charge is -2.29. The van der Waals surface area contributed by atoms with E-state index in [1.807, 2.05) is 42.5 Å². The Morgan fingerprint density at radius 2 is 1.82 bits per heavy atom. The molecule has 10 heteroatoms. The Kier molecular flexibility index (Phi) is 5.84. The van der Waals surface area contributed by atoms with E-state index in [0.717, 1.165) is 54.5 Å². The molecule has 176 valence electrons. The highest BCUT2D eigenvalue weighted by atomic mass is 32.2. The SMILES string of the molecule is CN(c1ccccc1-c1ccc2cnc(Nc3cccc(N4CCOCC4)c3)nn12)S(C)(=O)=O. The van der Waals surface area contributed by atoms with Gasteiger partial charge in [-0.3, -0.25) is 4.31 Å². The number of morpholine rings is 1. The topological polar surface area (TPSA) is 92.1 Å². The first-order valence-electron chi connectivity index (χ1n) is 11.0. The molecule has 1 saturated heterocycles. The monoisotopic (exact) mass is 478 g/mol. The van der Waals surface area contributed by atoms with E-state index in [1.165, 1.54) is 10.6 Å². The summed E-state index contributed by atoms with van der Waals surface area (Å²) < 4.78 is 32.9. The fourth-order valence-electron chi connectivity index (χ4n) is 4.04. The first-order valence-corrected chi connectivity index (χ1v) is 12.8. The van der Waals surface area contributed by atoms with E-state index >= 15 is 0 Å². The summed E-state index contributed by atoms with van der Waals surface area (Å²) in [6, 6.07) is 19.3. The first-order chi connectivity index (χ1) is 16.4. The van der Waals surface area contributed by atoms with Crippen LogP contribution in [0.25, 0.3) is 16.8 Å². The predicted molar refractivity (Wildman–Crippen MR) is 134 cm³/mol. The van der Waals surface area contributed by atoms with Crippen LogP contribution in [0.1, 0.15) is 0 Å². The fourth-order valence-corrected chi connectivity index (χ4v) is 4.55. The molecule has 0 bridgehead atoms. The minimum absolute atomic E-state index is 0.443. The van der Waals surface area contributed by atoms with Crippen molar-refractivity contribution in [3.8, 4) is 11.3 Å². The largest absolute Gasteiger partial charge is 0.378 e. The Labute approximate surface area is 198 Å². The van der Waals surface area contributed by atoms with Crippen LogP contribution in [0.2, 0.25) is 0 Å². The molecule has 9 nitrogen and oxygen atoms in total. The van der Waals surface area contributed by atoms with Crippen LogP contribution in [0.4, 0.5) is 23.0 Å². The summed E-state index contributed by atoms with van der Waals surface area (Å²) in [6.45, 7) is 3.17. The van der Waals surface area contributed by atoms with Gasteiger partial charge < -0.3 is 15.0 Å². The number of anilines is 4. The van der Waals surface area contributed by atoms with Gasteiger partial charge >= 0.3 is 0 Å². The van der Waals surface area contributed by atoms with Crippen molar-refractivity contribution in [2.24, 2.45) is 0 Å². The molecule has 1 N–H and O–H groups in total. The van der Waals surface area contributed by atoms with Crippen LogP contribution in [0.15, 0.2) is 66.9 Å². The van der Waals surface area contributed by atoms with Crippen LogP contribution in [0.3, 0.4) is 0 Å². The second kappa shape index (κ2) is 8.96. The number of benzene rings is 2. The Morgan fingerprint density at radius 1 is 1.03 bits per heavy atom. The maximum atomic E-state index is 12.2. The molecule has 1 aliphatic heterocycles. The molecule has 0 saturated carbocycles. The Bertz CT molecular complexity index is 1430. The van der Waals surface area contributed by atoms with E-state index in [0.29, 0.717) is 11.6 Å². The molecule has 2 aromatic carbocycles. The summed E-state index contributed by atoms with van der Waals surface area (Å²) in [5, 5.41) is 8.00. The highest BCUT2D eigenvalue weighted by molar-refractivity contribution is 7.92. The molecular formula is C24H26N6O3S. The molecule has 34 heavy (non-hydrogen) atoms.